The van der Waals surface area contributed by atoms with Crippen molar-refractivity contribution >= 4 is 29.9 Å². The van der Waals surface area contributed by atoms with E-state index in [9.17, 15) is 0 Å². The summed E-state index contributed by atoms with van der Waals surface area (Å²) in [5, 5.41) is 0. The Balaban J connectivity index is 0.00000208. The minimum Gasteiger partial charge on any atom is -0.497 e. The van der Waals surface area contributed by atoms with Crippen LogP contribution in [0.15, 0.2) is 23.2 Å². The van der Waals surface area contributed by atoms with Gasteiger partial charge >= 0.3 is 0 Å². The van der Waals surface area contributed by atoms with Crippen LogP contribution in [0.4, 0.5) is 0 Å². The molecule has 1 fully saturated rings. The quantitative estimate of drug-likeness (QED) is 0.440. The Morgan fingerprint density at radius 3 is 2.92 bits per heavy atom. The maximum absolute atomic E-state index is 6.25. The lowest BCUT2D eigenvalue weighted by molar-refractivity contribution is 0.270. The second kappa shape index (κ2) is 8.92. The number of hydrogen-bond acceptors (Lipinski definition) is 2. The fourth-order valence-corrected chi connectivity index (χ4v) is 3.91. The molecule has 24 heavy (non-hydrogen) atoms. The van der Waals surface area contributed by atoms with E-state index in [4.69, 9.17) is 15.5 Å². The van der Waals surface area contributed by atoms with E-state index < -0.39 is 0 Å². The van der Waals surface area contributed by atoms with E-state index in [2.05, 4.69) is 30.0 Å². The Kier molecular flexibility index (Phi) is 7.19. The number of rotatable bonds is 3. The van der Waals surface area contributed by atoms with Crippen LogP contribution in [0.25, 0.3) is 0 Å². The van der Waals surface area contributed by atoms with Gasteiger partial charge in [0.1, 0.15) is 5.75 Å². The number of methoxy groups -OCH3 is 1. The third-order valence-electron chi connectivity index (χ3n) is 5.24. The van der Waals surface area contributed by atoms with Gasteiger partial charge in [0, 0.05) is 25.6 Å². The molecule has 3 rings (SSSR count). The highest BCUT2D eigenvalue weighted by molar-refractivity contribution is 14.0. The highest BCUT2D eigenvalue weighted by Crippen LogP contribution is 2.34. The number of nitrogens with zero attached hydrogens (tertiary/aromatic N) is 2. The molecule has 1 heterocycles. The summed E-state index contributed by atoms with van der Waals surface area (Å²) >= 11 is 0. The van der Waals surface area contributed by atoms with Gasteiger partial charge in [0.25, 0.3) is 0 Å². The minimum absolute atomic E-state index is 0. The van der Waals surface area contributed by atoms with Crippen molar-refractivity contribution in [3.63, 3.8) is 0 Å². The summed E-state index contributed by atoms with van der Waals surface area (Å²) in [6, 6.07) is 6.46. The molecule has 134 valence electrons. The molecular formula is C19H30IN3O. The van der Waals surface area contributed by atoms with Crippen LogP contribution in [-0.2, 0) is 6.42 Å². The molecule has 1 aromatic rings. The third-order valence-corrected chi connectivity index (χ3v) is 5.24. The maximum Gasteiger partial charge on any atom is 0.191 e. The van der Waals surface area contributed by atoms with Crippen molar-refractivity contribution in [1.29, 1.82) is 0 Å². The lowest BCUT2D eigenvalue weighted by atomic mass is 9.83. The lowest BCUT2D eigenvalue weighted by Gasteiger charge is -2.32. The molecule has 0 radical (unpaired) electrons. The zero-order valence-corrected chi connectivity index (χ0v) is 17.2. The molecule has 0 spiro atoms. The van der Waals surface area contributed by atoms with Crippen molar-refractivity contribution < 1.29 is 4.74 Å². The van der Waals surface area contributed by atoms with E-state index in [1.165, 1.54) is 36.8 Å². The summed E-state index contributed by atoms with van der Waals surface area (Å²) in [5.74, 6) is 2.90. The first-order valence-electron chi connectivity index (χ1n) is 8.89. The average Bonchev–Trinajstić information content (AvgIpc) is 2.59. The Labute approximate surface area is 162 Å². The Hall–Kier alpha value is -0.980. The summed E-state index contributed by atoms with van der Waals surface area (Å²) < 4.78 is 5.35. The van der Waals surface area contributed by atoms with E-state index in [1.807, 2.05) is 0 Å². The van der Waals surface area contributed by atoms with Crippen LogP contribution in [0.3, 0.4) is 0 Å². The van der Waals surface area contributed by atoms with Gasteiger partial charge in [0.05, 0.1) is 7.11 Å². The highest BCUT2D eigenvalue weighted by atomic mass is 127. The van der Waals surface area contributed by atoms with Crippen molar-refractivity contribution in [2.45, 2.75) is 44.9 Å². The predicted octanol–water partition coefficient (Wildman–Crippen LogP) is 3.78. The first kappa shape index (κ1) is 19.3. The molecule has 4 nitrogen and oxygen atoms in total. The number of benzene rings is 1. The smallest absolute Gasteiger partial charge is 0.191 e. The molecule has 0 bridgehead atoms. The van der Waals surface area contributed by atoms with Crippen LogP contribution in [0.5, 0.6) is 5.75 Å². The van der Waals surface area contributed by atoms with Crippen molar-refractivity contribution in [3.8, 4) is 5.75 Å². The van der Waals surface area contributed by atoms with Gasteiger partial charge in [-0.3, -0.25) is 4.99 Å². The lowest BCUT2D eigenvalue weighted by Crippen LogP contribution is -2.43. The first-order chi connectivity index (χ1) is 11.2. The topological polar surface area (TPSA) is 50.9 Å². The molecule has 0 saturated carbocycles. The summed E-state index contributed by atoms with van der Waals surface area (Å²) in [4.78, 5) is 6.99. The molecule has 1 aliphatic heterocycles. The van der Waals surface area contributed by atoms with Gasteiger partial charge in [-0.1, -0.05) is 13.0 Å². The maximum atomic E-state index is 6.25. The molecule has 2 unspecified atom stereocenters. The number of ether oxygens (including phenoxy) is 1. The minimum atomic E-state index is 0. The van der Waals surface area contributed by atoms with Crippen LogP contribution in [0.2, 0.25) is 0 Å². The molecule has 0 aromatic heterocycles. The molecule has 2 N–H and O–H groups in total. The molecule has 1 aliphatic carbocycles. The summed E-state index contributed by atoms with van der Waals surface area (Å²) in [6.45, 7) is 5.20. The van der Waals surface area contributed by atoms with Crippen molar-refractivity contribution in [1.82, 2.24) is 4.90 Å². The standard InChI is InChI=1S/C19H29N3O.HI/c1-14-5-4-10-22(13-14)19(20)21-12-16-7-3-6-15-11-17(23-2)8-9-18(15)16;/h8-9,11,14,16H,3-7,10,12-13H2,1-2H3,(H2,20,21);1H. The van der Waals surface area contributed by atoms with Crippen LogP contribution in [0, 0.1) is 5.92 Å². The normalized spacial score (nSPS) is 24.1. The highest BCUT2D eigenvalue weighted by Gasteiger charge is 2.22. The van der Waals surface area contributed by atoms with Crippen molar-refractivity contribution in [2.24, 2.45) is 16.6 Å². The van der Waals surface area contributed by atoms with Gasteiger partial charge in [-0.15, -0.1) is 24.0 Å². The number of aryl methyl sites for hydroxylation is 1. The van der Waals surface area contributed by atoms with Crippen LogP contribution >= 0.6 is 24.0 Å². The summed E-state index contributed by atoms with van der Waals surface area (Å²) in [7, 11) is 1.73. The SMILES string of the molecule is COc1ccc2c(c1)CCCC2CN=C(N)N1CCCC(C)C1.I. The van der Waals surface area contributed by atoms with Gasteiger partial charge in [-0.05, 0) is 61.3 Å². The molecule has 2 aliphatic rings. The van der Waals surface area contributed by atoms with Gasteiger partial charge in [0.15, 0.2) is 5.96 Å². The number of likely N-dealkylation sites (tertiary alicyclic amines) is 1. The van der Waals surface area contributed by atoms with Crippen LogP contribution in [0.1, 0.15) is 49.7 Å². The first-order valence-corrected chi connectivity index (χ1v) is 8.89. The molecule has 2 atom stereocenters. The second-order valence-electron chi connectivity index (χ2n) is 7.05. The Morgan fingerprint density at radius 2 is 2.17 bits per heavy atom. The zero-order chi connectivity index (χ0) is 16.2. The van der Waals surface area contributed by atoms with Crippen molar-refractivity contribution in [3.05, 3.63) is 29.3 Å². The predicted molar refractivity (Wildman–Crippen MR) is 111 cm³/mol. The number of fused-ring (bicyclic) bond motifs is 1. The van der Waals surface area contributed by atoms with E-state index in [1.54, 1.807) is 7.11 Å². The van der Waals surface area contributed by atoms with E-state index in [0.29, 0.717) is 5.92 Å². The van der Waals surface area contributed by atoms with Gasteiger partial charge < -0.3 is 15.4 Å². The number of aliphatic imine (C=N–C) groups is 1. The van der Waals surface area contributed by atoms with Crippen LogP contribution in [-0.4, -0.2) is 37.6 Å². The second-order valence-corrected chi connectivity index (χ2v) is 7.05. The molecule has 0 amide bonds. The number of guanidine groups is 1. The monoisotopic (exact) mass is 443 g/mol. The fraction of sp³-hybridized carbons (Fsp3) is 0.632. The van der Waals surface area contributed by atoms with E-state index in [-0.39, 0.29) is 24.0 Å². The third kappa shape index (κ3) is 4.55. The number of nitrogens with two attached hydrogens (primary N) is 1. The number of piperidine rings is 1. The molecule has 1 saturated heterocycles. The Bertz CT molecular complexity index is 576. The van der Waals surface area contributed by atoms with Crippen molar-refractivity contribution in [2.75, 3.05) is 26.7 Å². The van der Waals surface area contributed by atoms with Gasteiger partial charge in [-0.25, -0.2) is 0 Å². The zero-order valence-electron chi connectivity index (χ0n) is 14.8. The Morgan fingerprint density at radius 1 is 1.33 bits per heavy atom. The van der Waals surface area contributed by atoms with E-state index >= 15 is 0 Å². The molecular weight excluding hydrogens is 413 g/mol. The summed E-state index contributed by atoms with van der Waals surface area (Å²) in [6.07, 6.45) is 6.10. The summed E-state index contributed by atoms with van der Waals surface area (Å²) in [5.41, 5.74) is 9.10. The fourth-order valence-electron chi connectivity index (χ4n) is 3.91. The number of halogens is 1. The van der Waals surface area contributed by atoms with Gasteiger partial charge in [-0.2, -0.15) is 0 Å². The molecule has 5 heteroatoms. The van der Waals surface area contributed by atoms with Gasteiger partial charge in [0.2, 0.25) is 0 Å². The van der Waals surface area contributed by atoms with E-state index in [0.717, 1.165) is 43.7 Å². The largest absolute Gasteiger partial charge is 0.497 e. The average molecular weight is 443 g/mol. The number of hydrogen-bond donors (Lipinski definition) is 1. The van der Waals surface area contributed by atoms with Crippen LogP contribution < -0.4 is 10.5 Å². The molecule has 1 aromatic carbocycles.